The van der Waals surface area contributed by atoms with Crippen molar-refractivity contribution in [3.05, 3.63) is 0 Å². The van der Waals surface area contributed by atoms with Crippen molar-refractivity contribution in [3.8, 4) is 0 Å². The third-order valence-corrected chi connectivity index (χ3v) is 3.03. The molecular formula is C12H23NO3. The highest BCUT2D eigenvalue weighted by molar-refractivity contribution is 5.69. The van der Waals surface area contributed by atoms with Crippen LogP contribution < -0.4 is 0 Å². The second-order valence-corrected chi connectivity index (χ2v) is 5.76. The fourth-order valence-electron chi connectivity index (χ4n) is 1.79. The van der Waals surface area contributed by atoms with Gasteiger partial charge in [0.15, 0.2) is 0 Å². The van der Waals surface area contributed by atoms with Gasteiger partial charge in [0.25, 0.3) is 0 Å². The summed E-state index contributed by atoms with van der Waals surface area (Å²) in [5.41, 5.74) is -0.614. The van der Waals surface area contributed by atoms with Crippen LogP contribution in [-0.2, 0) is 9.47 Å². The van der Waals surface area contributed by atoms with Gasteiger partial charge in [0.1, 0.15) is 11.2 Å². The van der Waals surface area contributed by atoms with Crippen molar-refractivity contribution in [1.82, 2.24) is 4.90 Å². The minimum atomic E-state index is -0.430. The lowest BCUT2D eigenvalue weighted by atomic mass is 9.83. The molecule has 4 nitrogen and oxygen atoms in total. The van der Waals surface area contributed by atoms with Gasteiger partial charge in [-0.25, -0.2) is 4.79 Å². The lowest BCUT2D eigenvalue weighted by molar-refractivity contribution is -0.146. The normalized spacial score (nSPS) is 19.6. The number of ether oxygens (including phenoxy) is 2. The molecule has 1 saturated heterocycles. The van der Waals surface area contributed by atoms with E-state index in [1.165, 1.54) is 0 Å². The lowest BCUT2D eigenvalue weighted by Crippen LogP contribution is -2.67. The third-order valence-electron chi connectivity index (χ3n) is 3.03. The van der Waals surface area contributed by atoms with Crippen molar-refractivity contribution >= 4 is 6.09 Å². The zero-order valence-electron chi connectivity index (χ0n) is 11.2. The Bertz CT molecular complexity index is 262. The second-order valence-electron chi connectivity index (χ2n) is 5.76. The van der Waals surface area contributed by atoms with Crippen molar-refractivity contribution in [2.45, 2.75) is 45.8 Å². The maximum atomic E-state index is 11.7. The number of carbonyl (C=O) groups is 1. The number of nitrogens with zero attached hydrogens (tertiary/aromatic N) is 1. The van der Waals surface area contributed by atoms with Crippen LogP contribution in [0.1, 0.15) is 34.6 Å². The number of likely N-dealkylation sites (tertiary alicyclic amines) is 1. The Kier molecular flexibility index (Phi) is 3.53. The summed E-state index contributed by atoms with van der Waals surface area (Å²) in [5.74, 6) is 0.399. The molecule has 1 heterocycles. The highest BCUT2D eigenvalue weighted by Gasteiger charge is 2.48. The molecule has 0 spiro atoms. The van der Waals surface area contributed by atoms with Gasteiger partial charge in [-0.05, 0) is 26.7 Å². The quantitative estimate of drug-likeness (QED) is 0.729. The SMILES string of the molecule is COC1(C(C)C)CN(C(=O)OC(C)(C)C)C1. The van der Waals surface area contributed by atoms with E-state index >= 15 is 0 Å². The Morgan fingerprint density at radius 1 is 1.31 bits per heavy atom. The molecule has 0 atom stereocenters. The predicted molar refractivity (Wildman–Crippen MR) is 62.4 cm³/mol. The molecule has 0 bridgehead atoms. The molecule has 0 radical (unpaired) electrons. The summed E-state index contributed by atoms with van der Waals surface area (Å²) in [6.07, 6.45) is -0.249. The minimum Gasteiger partial charge on any atom is -0.444 e. The highest BCUT2D eigenvalue weighted by atomic mass is 16.6. The predicted octanol–water partition coefficient (Wildman–Crippen LogP) is 2.28. The topological polar surface area (TPSA) is 38.8 Å². The van der Waals surface area contributed by atoms with Gasteiger partial charge < -0.3 is 14.4 Å². The van der Waals surface area contributed by atoms with Crippen LogP contribution in [0.5, 0.6) is 0 Å². The summed E-state index contributed by atoms with van der Waals surface area (Å²) < 4.78 is 10.8. The van der Waals surface area contributed by atoms with Crippen molar-refractivity contribution in [3.63, 3.8) is 0 Å². The molecule has 16 heavy (non-hydrogen) atoms. The van der Waals surface area contributed by atoms with Gasteiger partial charge in [0.2, 0.25) is 0 Å². The molecule has 1 amide bonds. The first-order valence-electron chi connectivity index (χ1n) is 5.73. The smallest absolute Gasteiger partial charge is 0.410 e. The summed E-state index contributed by atoms with van der Waals surface area (Å²) in [4.78, 5) is 13.4. The lowest BCUT2D eigenvalue weighted by Gasteiger charge is -2.51. The van der Waals surface area contributed by atoms with Gasteiger partial charge in [-0.15, -0.1) is 0 Å². The van der Waals surface area contributed by atoms with E-state index < -0.39 is 5.60 Å². The van der Waals surface area contributed by atoms with Crippen LogP contribution >= 0.6 is 0 Å². The molecule has 0 aromatic rings. The molecule has 0 aromatic carbocycles. The minimum absolute atomic E-state index is 0.184. The van der Waals surface area contributed by atoms with Crippen LogP contribution in [-0.4, -0.2) is 42.4 Å². The van der Waals surface area contributed by atoms with E-state index in [9.17, 15) is 4.79 Å². The van der Waals surface area contributed by atoms with Gasteiger partial charge in [0.05, 0.1) is 13.1 Å². The summed E-state index contributed by atoms with van der Waals surface area (Å²) in [6, 6.07) is 0. The van der Waals surface area contributed by atoms with Crippen molar-refractivity contribution in [2.24, 2.45) is 5.92 Å². The first kappa shape index (κ1) is 13.3. The molecule has 94 valence electrons. The molecule has 0 saturated carbocycles. The summed E-state index contributed by atoms with van der Waals surface area (Å²) in [7, 11) is 1.70. The highest BCUT2D eigenvalue weighted by Crippen LogP contribution is 2.32. The number of carbonyl (C=O) groups excluding carboxylic acids is 1. The van der Waals surface area contributed by atoms with E-state index in [0.29, 0.717) is 19.0 Å². The van der Waals surface area contributed by atoms with Crippen LogP contribution in [0.4, 0.5) is 4.79 Å². The Morgan fingerprint density at radius 3 is 2.12 bits per heavy atom. The fourth-order valence-corrected chi connectivity index (χ4v) is 1.79. The van der Waals surface area contributed by atoms with Crippen molar-refractivity contribution < 1.29 is 14.3 Å². The molecule has 0 aromatic heterocycles. The standard InChI is InChI=1S/C12H23NO3/c1-9(2)12(15-6)7-13(8-12)10(14)16-11(3,4)5/h9H,7-8H2,1-6H3. The van der Waals surface area contributed by atoms with Gasteiger partial charge in [-0.3, -0.25) is 0 Å². The van der Waals surface area contributed by atoms with E-state index in [-0.39, 0.29) is 11.7 Å². The molecule has 4 heteroatoms. The summed E-state index contributed by atoms with van der Waals surface area (Å²) >= 11 is 0. The first-order valence-corrected chi connectivity index (χ1v) is 5.73. The van der Waals surface area contributed by atoms with Crippen LogP contribution in [0.3, 0.4) is 0 Å². The van der Waals surface area contributed by atoms with Gasteiger partial charge >= 0.3 is 6.09 Å². The van der Waals surface area contributed by atoms with E-state index in [4.69, 9.17) is 9.47 Å². The first-order chi connectivity index (χ1) is 7.20. The van der Waals surface area contributed by atoms with Crippen LogP contribution in [0.2, 0.25) is 0 Å². The number of rotatable bonds is 2. The molecule has 1 fully saturated rings. The Labute approximate surface area is 97.9 Å². The third kappa shape index (κ3) is 2.67. The second kappa shape index (κ2) is 4.24. The van der Waals surface area contributed by atoms with E-state index in [1.54, 1.807) is 12.0 Å². The molecule has 1 aliphatic rings. The summed E-state index contributed by atoms with van der Waals surface area (Å²) in [6.45, 7) is 11.1. The molecule has 0 N–H and O–H groups in total. The molecule has 0 aliphatic carbocycles. The van der Waals surface area contributed by atoms with Crippen LogP contribution in [0.15, 0.2) is 0 Å². The largest absolute Gasteiger partial charge is 0.444 e. The number of amides is 1. The zero-order valence-corrected chi connectivity index (χ0v) is 11.2. The maximum absolute atomic E-state index is 11.7. The Hall–Kier alpha value is -0.770. The maximum Gasteiger partial charge on any atom is 0.410 e. The zero-order chi connectivity index (χ0) is 12.6. The van der Waals surface area contributed by atoms with Crippen molar-refractivity contribution in [1.29, 1.82) is 0 Å². The average Bonchev–Trinajstić information content (AvgIpc) is 1.98. The summed E-state index contributed by atoms with van der Waals surface area (Å²) in [5, 5.41) is 0. The monoisotopic (exact) mass is 229 g/mol. The Morgan fingerprint density at radius 2 is 1.81 bits per heavy atom. The molecule has 1 rings (SSSR count). The van der Waals surface area contributed by atoms with Gasteiger partial charge in [-0.2, -0.15) is 0 Å². The van der Waals surface area contributed by atoms with Crippen LogP contribution in [0, 0.1) is 5.92 Å². The van der Waals surface area contributed by atoms with E-state index in [0.717, 1.165) is 0 Å². The van der Waals surface area contributed by atoms with Gasteiger partial charge in [-0.1, -0.05) is 13.8 Å². The van der Waals surface area contributed by atoms with E-state index in [2.05, 4.69) is 13.8 Å². The number of methoxy groups -OCH3 is 1. The number of hydrogen-bond donors (Lipinski definition) is 0. The van der Waals surface area contributed by atoms with Crippen molar-refractivity contribution in [2.75, 3.05) is 20.2 Å². The molecule has 1 aliphatic heterocycles. The molecule has 0 unspecified atom stereocenters. The van der Waals surface area contributed by atoms with E-state index in [1.807, 2.05) is 20.8 Å². The average molecular weight is 229 g/mol. The van der Waals surface area contributed by atoms with Gasteiger partial charge in [0, 0.05) is 7.11 Å². The Balaban J connectivity index is 2.49. The van der Waals surface area contributed by atoms with Crippen LogP contribution in [0.25, 0.3) is 0 Å². The fraction of sp³-hybridized carbons (Fsp3) is 0.917. The molecular weight excluding hydrogens is 206 g/mol. The number of hydrogen-bond acceptors (Lipinski definition) is 3.